The van der Waals surface area contributed by atoms with Crippen LogP contribution in [0.4, 0.5) is 0 Å². The molecule has 1 saturated heterocycles. The molecule has 0 saturated carbocycles. The number of piperidine rings is 1. The molecule has 0 bridgehead atoms. The van der Waals surface area contributed by atoms with Gasteiger partial charge in [-0.05, 0) is 84.7 Å². The minimum atomic E-state index is -0.834. The van der Waals surface area contributed by atoms with E-state index in [4.69, 9.17) is 0 Å². The molecule has 1 fully saturated rings. The van der Waals surface area contributed by atoms with Crippen LogP contribution in [0.5, 0.6) is 0 Å². The SMILES string of the molecule is CC(C)Cc1ccc(C(=O)N2CCC(CC(C)C)CC2)cc1-c1cccc(C(C)C(=O)O)c1. The van der Waals surface area contributed by atoms with Crippen LogP contribution in [0.3, 0.4) is 0 Å². The third kappa shape index (κ3) is 6.46. The van der Waals surface area contributed by atoms with Crippen LogP contribution in [-0.2, 0) is 11.2 Å². The molecule has 4 nitrogen and oxygen atoms in total. The number of benzene rings is 2. The summed E-state index contributed by atoms with van der Waals surface area (Å²) in [6, 6.07) is 13.8. The Labute approximate surface area is 199 Å². The lowest BCUT2D eigenvalue weighted by atomic mass is 9.88. The summed E-state index contributed by atoms with van der Waals surface area (Å²) >= 11 is 0. The van der Waals surface area contributed by atoms with E-state index >= 15 is 0 Å². The molecule has 0 aliphatic carbocycles. The van der Waals surface area contributed by atoms with E-state index in [0.717, 1.165) is 60.5 Å². The number of carboxylic acids is 1. The van der Waals surface area contributed by atoms with Crippen molar-refractivity contribution in [1.29, 1.82) is 0 Å². The molecule has 1 aliphatic heterocycles. The van der Waals surface area contributed by atoms with E-state index in [1.807, 2.05) is 41.3 Å². The molecule has 1 atom stereocenters. The third-order valence-electron chi connectivity index (χ3n) is 6.76. The van der Waals surface area contributed by atoms with E-state index in [1.54, 1.807) is 6.92 Å². The van der Waals surface area contributed by atoms with Crippen LogP contribution >= 0.6 is 0 Å². The second-order valence-corrected chi connectivity index (χ2v) is 10.5. The molecule has 1 aliphatic rings. The topological polar surface area (TPSA) is 57.6 Å². The highest BCUT2D eigenvalue weighted by atomic mass is 16.4. The Balaban J connectivity index is 1.89. The minimum Gasteiger partial charge on any atom is -0.481 e. The van der Waals surface area contributed by atoms with Crippen molar-refractivity contribution in [2.75, 3.05) is 13.1 Å². The molecule has 178 valence electrons. The normalized spacial score (nSPS) is 15.8. The van der Waals surface area contributed by atoms with E-state index in [1.165, 1.54) is 12.0 Å². The van der Waals surface area contributed by atoms with E-state index in [-0.39, 0.29) is 5.91 Å². The molecule has 1 heterocycles. The van der Waals surface area contributed by atoms with E-state index in [0.29, 0.717) is 11.8 Å². The number of amides is 1. The average Bonchev–Trinajstić information content (AvgIpc) is 2.78. The number of hydrogen-bond acceptors (Lipinski definition) is 2. The summed E-state index contributed by atoms with van der Waals surface area (Å²) in [6.45, 7) is 12.3. The Morgan fingerprint density at radius 3 is 2.27 bits per heavy atom. The van der Waals surface area contributed by atoms with Crippen LogP contribution < -0.4 is 0 Å². The van der Waals surface area contributed by atoms with Crippen molar-refractivity contribution in [3.05, 3.63) is 59.2 Å². The Hall–Kier alpha value is -2.62. The zero-order chi connectivity index (χ0) is 24.1. The average molecular weight is 450 g/mol. The summed E-state index contributed by atoms with van der Waals surface area (Å²) < 4.78 is 0. The minimum absolute atomic E-state index is 0.102. The van der Waals surface area contributed by atoms with Crippen LogP contribution in [0.25, 0.3) is 11.1 Å². The summed E-state index contributed by atoms with van der Waals surface area (Å²) in [5.74, 6) is 0.594. The third-order valence-corrected chi connectivity index (χ3v) is 6.76. The highest BCUT2D eigenvalue weighted by molar-refractivity contribution is 5.96. The summed E-state index contributed by atoms with van der Waals surface area (Å²) in [6.07, 6.45) is 4.30. The number of rotatable bonds is 8. The van der Waals surface area contributed by atoms with Crippen molar-refractivity contribution in [2.24, 2.45) is 17.8 Å². The fourth-order valence-electron chi connectivity index (χ4n) is 4.94. The molecule has 1 unspecified atom stereocenters. The summed E-state index contributed by atoms with van der Waals surface area (Å²) in [5, 5.41) is 9.45. The first-order chi connectivity index (χ1) is 15.7. The summed E-state index contributed by atoms with van der Waals surface area (Å²) in [7, 11) is 0. The van der Waals surface area contributed by atoms with Crippen molar-refractivity contribution in [3.63, 3.8) is 0 Å². The molecule has 2 aromatic rings. The van der Waals surface area contributed by atoms with Gasteiger partial charge in [0.05, 0.1) is 5.92 Å². The number of carbonyl (C=O) groups is 2. The predicted octanol–water partition coefficient (Wildman–Crippen LogP) is 6.64. The zero-order valence-corrected chi connectivity index (χ0v) is 20.8. The van der Waals surface area contributed by atoms with Gasteiger partial charge in [-0.2, -0.15) is 0 Å². The first kappa shape index (κ1) is 25.0. The van der Waals surface area contributed by atoms with Gasteiger partial charge in [-0.3, -0.25) is 9.59 Å². The molecule has 1 amide bonds. The quantitative estimate of drug-likeness (QED) is 0.491. The van der Waals surface area contributed by atoms with Crippen molar-refractivity contribution >= 4 is 11.9 Å². The Morgan fingerprint density at radius 2 is 1.67 bits per heavy atom. The number of carboxylic acid groups (broad SMARTS) is 1. The number of hydrogen-bond donors (Lipinski definition) is 1. The molecular weight excluding hydrogens is 410 g/mol. The van der Waals surface area contributed by atoms with Gasteiger partial charge in [0.2, 0.25) is 0 Å². The van der Waals surface area contributed by atoms with Gasteiger partial charge in [-0.25, -0.2) is 0 Å². The maximum atomic E-state index is 13.4. The lowest BCUT2D eigenvalue weighted by Crippen LogP contribution is -2.38. The highest BCUT2D eigenvalue weighted by Crippen LogP contribution is 2.31. The van der Waals surface area contributed by atoms with Gasteiger partial charge in [-0.1, -0.05) is 58.0 Å². The zero-order valence-electron chi connectivity index (χ0n) is 20.8. The van der Waals surface area contributed by atoms with E-state index < -0.39 is 11.9 Å². The van der Waals surface area contributed by atoms with Crippen LogP contribution in [0.1, 0.15) is 81.3 Å². The molecule has 3 rings (SSSR count). The fourth-order valence-corrected chi connectivity index (χ4v) is 4.94. The lowest BCUT2D eigenvalue weighted by Gasteiger charge is -2.33. The number of likely N-dealkylation sites (tertiary alicyclic amines) is 1. The van der Waals surface area contributed by atoms with Gasteiger partial charge < -0.3 is 10.0 Å². The van der Waals surface area contributed by atoms with Crippen molar-refractivity contribution in [2.45, 2.75) is 66.2 Å². The Bertz CT molecular complexity index is 971. The molecule has 0 spiro atoms. The largest absolute Gasteiger partial charge is 0.481 e. The van der Waals surface area contributed by atoms with Crippen molar-refractivity contribution < 1.29 is 14.7 Å². The van der Waals surface area contributed by atoms with Crippen molar-refractivity contribution in [1.82, 2.24) is 4.90 Å². The number of nitrogens with zero attached hydrogens (tertiary/aromatic N) is 1. The van der Waals surface area contributed by atoms with E-state index in [9.17, 15) is 14.7 Å². The highest BCUT2D eigenvalue weighted by Gasteiger charge is 2.25. The van der Waals surface area contributed by atoms with Gasteiger partial charge in [0.1, 0.15) is 0 Å². The second kappa shape index (κ2) is 11.0. The van der Waals surface area contributed by atoms with Crippen LogP contribution in [0, 0.1) is 17.8 Å². The Morgan fingerprint density at radius 1 is 0.970 bits per heavy atom. The van der Waals surface area contributed by atoms with Gasteiger partial charge in [0, 0.05) is 18.7 Å². The van der Waals surface area contributed by atoms with Gasteiger partial charge >= 0.3 is 5.97 Å². The molecule has 4 heteroatoms. The molecule has 33 heavy (non-hydrogen) atoms. The number of aliphatic carboxylic acids is 1. The summed E-state index contributed by atoms with van der Waals surface area (Å²) in [4.78, 5) is 26.9. The Kier molecular flexibility index (Phi) is 8.34. The standard InChI is InChI=1S/C29H39NO3/c1-19(2)15-22-11-13-30(14-12-22)28(31)26-10-9-25(16-20(3)4)27(18-26)24-8-6-7-23(17-24)21(5)29(32)33/h6-10,17-22H,11-16H2,1-5H3,(H,32,33). The first-order valence-electron chi connectivity index (χ1n) is 12.4. The first-order valence-corrected chi connectivity index (χ1v) is 12.4. The van der Waals surface area contributed by atoms with Gasteiger partial charge in [0.25, 0.3) is 5.91 Å². The maximum Gasteiger partial charge on any atom is 0.310 e. The summed E-state index contributed by atoms with van der Waals surface area (Å²) in [5.41, 5.74) is 4.69. The van der Waals surface area contributed by atoms with E-state index in [2.05, 4.69) is 33.8 Å². The fraction of sp³-hybridized carbons (Fsp3) is 0.517. The van der Waals surface area contributed by atoms with Crippen LogP contribution in [0.15, 0.2) is 42.5 Å². The van der Waals surface area contributed by atoms with Crippen LogP contribution in [0.2, 0.25) is 0 Å². The van der Waals surface area contributed by atoms with Gasteiger partial charge in [-0.15, -0.1) is 0 Å². The van der Waals surface area contributed by atoms with Crippen molar-refractivity contribution in [3.8, 4) is 11.1 Å². The molecule has 0 radical (unpaired) electrons. The molecule has 2 aromatic carbocycles. The lowest BCUT2D eigenvalue weighted by molar-refractivity contribution is -0.138. The monoisotopic (exact) mass is 449 g/mol. The smallest absolute Gasteiger partial charge is 0.310 e. The van der Waals surface area contributed by atoms with Gasteiger partial charge in [0.15, 0.2) is 0 Å². The second-order valence-electron chi connectivity index (χ2n) is 10.5. The van der Waals surface area contributed by atoms with Crippen LogP contribution in [-0.4, -0.2) is 35.0 Å². The molecular formula is C29H39NO3. The molecule has 0 aromatic heterocycles. The number of carbonyl (C=O) groups excluding carboxylic acids is 1. The molecule has 1 N–H and O–H groups in total. The maximum absolute atomic E-state index is 13.4. The predicted molar refractivity (Wildman–Crippen MR) is 135 cm³/mol.